The molecule has 6 heteroatoms. The van der Waals surface area contributed by atoms with E-state index in [9.17, 15) is 4.79 Å². The Balaban J connectivity index is 1.65. The number of rotatable bonds is 7. The molecule has 26 heavy (non-hydrogen) atoms. The number of hydrogen-bond acceptors (Lipinski definition) is 5. The number of benzene rings is 1. The number of amides is 1. The molecule has 2 heterocycles. The number of nitrogens with zero attached hydrogens (tertiary/aromatic N) is 2. The minimum Gasteiger partial charge on any atom is -0.494 e. The van der Waals surface area contributed by atoms with Gasteiger partial charge in [0, 0.05) is 19.6 Å². The lowest BCUT2D eigenvalue weighted by Gasteiger charge is -2.31. The molecule has 1 N–H and O–H groups in total. The smallest absolute Gasteiger partial charge is 0.224 e. The molecule has 1 fully saturated rings. The SMILES string of the molecule is CCOc1ccc2nc(N3CCCC(C(=O)NCCC(C)C)C3)sc2c1. The molecule has 1 atom stereocenters. The first-order valence-corrected chi connectivity index (χ1v) is 10.4. The van der Waals surface area contributed by atoms with Crippen molar-refractivity contribution in [2.24, 2.45) is 11.8 Å². The summed E-state index contributed by atoms with van der Waals surface area (Å²) in [5, 5.41) is 4.11. The fraction of sp³-hybridized carbons (Fsp3) is 0.600. The van der Waals surface area contributed by atoms with E-state index in [1.54, 1.807) is 11.3 Å². The number of thiazole rings is 1. The lowest BCUT2D eigenvalue weighted by molar-refractivity contribution is -0.125. The molecular formula is C20H29N3O2S. The van der Waals surface area contributed by atoms with E-state index in [2.05, 4.69) is 30.1 Å². The summed E-state index contributed by atoms with van der Waals surface area (Å²) in [4.78, 5) is 19.5. The van der Waals surface area contributed by atoms with Crippen LogP contribution in [0.3, 0.4) is 0 Å². The number of carbonyl (C=O) groups excluding carboxylic acids is 1. The third kappa shape index (κ3) is 4.67. The van der Waals surface area contributed by atoms with E-state index in [0.29, 0.717) is 12.5 Å². The molecule has 0 radical (unpaired) electrons. The molecule has 1 aromatic carbocycles. The Hall–Kier alpha value is -1.82. The Bertz CT molecular complexity index is 744. The van der Waals surface area contributed by atoms with Gasteiger partial charge in [-0.3, -0.25) is 4.79 Å². The van der Waals surface area contributed by atoms with Crippen LogP contribution in [0.5, 0.6) is 5.75 Å². The van der Waals surface area contributed by atoms with Crippen LogP contribution in [0.15, 0.2) is 18.2 Å². The molecule has 142 valence electrons. The fourth-order valence-electron chi connectivity index (χ4n) is 3.28. The molecule has 1 unspecified atom stereocenters. The molecular weight excluding hydrogens is 346 g/mol. The largest absolute Gasteiger partial charge is 0.494 e. The first-order chi connectivity index (χ1) is 12.6. The maximum atomic E-state index is 12.5. The molecule has 3 rings (SSSR count). The average Bonchev–Trinajstić information content (AvgIpc) is 3.05. The zero-order chi connectivity index (χ0) is 18.5. The van der Waals surface area contributed by atoms with E-state index in [1.807, 2.05) is 19.1 Å². The van der Waals surface area contributed by atoms with Gasteiger partial charge >= 0.3 is 0 Å². The van der Waals surface area contributed by atoms with Crippen molar-refractivity contribution in [1.29, 1.82) is 0 Å². The Kier molecular flexibility index (Phi) is 6.35. The maximum absolute atomic E-state index is 12.5. The number of ether oxygens (including phenoxy) is 1. The average molecular weight is 376 g/mol. The van der Waals surface area contributed by atoms with Crippen molar-refractivity contribution in [3.8, 4) is 5.75 Å². The van der Waals surface area contributed by atoms with Gasteiger partial charge in [-0.1, -0.05) is 25.2 Å². The lowest BCUT2D eigenvalue weighted by Crippen LogP contribution is -2.43. The van der Waals surface area contributed by atoms with Gasteiger partial charge in [-0.25, -0.2) is 4.98 Å². The molecule has 1 amide bonds. The molecule has 0 saturated carbocycles. The van der Waals surface area contributed by atoms with Gasteiger partial charge in [-0.05, 0) is 50.3 Å². The zero-order valence-electron chi connectivity index (χ0n) is 16.0. The third-order valence-corrected chi connectivity index (χ3v) is 5.82. The predicted molar refractivity (Wildman–Crippen MR) is 108 cm³/mol. The number of piperidine rings is 1. The van der Waals surface area contributed by atoms with Gasteiger partial charge < -0.3 is 15.0 Å². The molecule has 0 spiro atoms. The minimum atomic E-state index is 0.0573. The number of hydrogen-bond donors (Lipinski definition) is 1. The molecule has 1 aliphatic rings. The number of aromatic nitrogens is 1. The second-order valence-electron chi connectivity index (χ2n) is 7.32. The van der Waals surface area contributed by atoms with Gasteiger partial charge in [0.05, 0.1) is 22.7 Å². The van der Waals surface area contributed by atoms with Crippen molar-refractivity contribution >= 4 is 32.6 Å². The molecule has 5 nitrogen and oxygen atoms in total. The molecule has 1 aliphatic heterocycles. The molecule has 2 aromatic rings. The first kappa shape index (κ1) is 19.0. The molecule has 1 aromatic heterocycles. The van der Waals surface area contributed by atoms with Crippen LogP contribution in [0.1, 0.15) is 40.0 Å². The van der Waals surface area contributed by atoms with Crippen LogP contribution in [-0.4, -0.2) is 37.1 Å². The van der Waals surface area contributed by atoms with Crippen LogP contribution in [0.4, 0.5) is 5.13 Å². The van der Waals surface area contributed by atoms with Gasteiger partial charge in [0.2, 0.25) is 5.91 Å². The highest BCUT2D eigenvalue weighted by atomic mass is 32.1. The fourth-order valence-corrected chi connectivity index (χ4v) is 4.31. The van der Waals surface area contributed by atoms with E-state index >= 15 is 0 Å². The topological polar surface area (TPSA) is 54.5 Å². The quantitative estimate of drug-likeness (QED) is 0.792. The Morgan fingerprint density at radius 2 is 2.31 bits per heavy atom. The van der Waals surface area contributed by atoms with Gasteiger partial charge in [-0.15, -0.1) is 0 Å². The van der Waals surface area contributed by atoms with E-state index in [-0.39, 0.29) is 11.8 Å². The summed E-state index contributed by atoms with van der Waals surface area (Å²) >= 11 is 1.68. The minimum absolute atomic E-state index is 0.0573. The highest BCUT2D eigenvalue weighted by Gasteiger charge is 2.27. The lowest BCUT2D eigenvalue weighted by atomic mass is 9.97. The highest BCUT2D eigenvalue weighted by molar-refractivity contribution is 7.22. The van der Waals surface area contributed by atoms with E-state index in [4.69, 9.17) is 9.72 Å². The Labute approximate surface area is 159 Å². The van der Waals surface area contributed by atoms with Crippen LogP contribution in [0.25, 0.3) is 10.2 Å². The summed E-state index contributed by atoms with van der Waals surface area (Å²) in [6.45, 7) is 9.50. The maximum Gasteiger partial charge on any atom is 0.224 e. The monoisotopic (exact) mass is 375 g/mol. The number of carbonyl (C=O) groups is 1. The standard InChI is InChI=1S/C20H29N3O2S/c1-4-25-16-7-8-17-18(12-16)26-20(22-17)23-11-5-6-15(13-23)19(24)21-10-9-14(2)3/h7-8,12,14-15H,4-6,9-11,13H2,1-3H3,(H,21,24). The summed E-state index contributed by atoms with van der Waals surface area (Å²) in [6.07, 6.45) is 3.02. The summed E-state index contributed by atoms with van der Waals surface area (Å²) in [7, 11) is 0. The summed E-state index contributed by atoms with van der Waals surface area (Å²) in [5.41, 5.74) is 0.997. The highest BCUT2D eigenvalue weighted by Crippen LogP contribution is 2.33. The Morgan fingerprint density at radius 1 is 1.46 bits per heavy atom. The summed E-state index contributed by atoms with van der Waals surface area (Å²) in [5.74, 6) is 1.75. The van der Waals surface area contributed by atoms with Crippen molar-refractivity contribution < 1.29 is 9.53 Å². The number of anilines is 1. The number of fused-ring (bicyclic) bond motifs is 1. The van der Waals surface area contributed by atoms with Crippen LogP contribution in [0.2, 0.25) is 0 Å². The van der Waals surface area contributed by atoms with Crippen LogP contribution < -0.4 is 15.0 Å². The molecule has 0 bridgehead atoms. The number of nitrogens with one attached hydrogen (secondary N) is 1. The van der Waals surface area contributed by atoms with Crippen LogP contribution >= 0.6 is 11.3 Å². The van der Waals surface area contributed by atoms with Crippen molar-refractivity contribution in [3.63, 3.8) is 0 Å². The van der Waals surface area contributed by atoms with Crippen LogP contribution in [-0.2, 0) is 4.79 Å². The molecule has 0 aliphatic carbocycles. The second kappa shape index (κ2) is 8.71. The summed E-state index contributed by atoms with van der Waals surface area (Å²) in [6, 6.07) is 6.04. The van der Waals surface area contributed by atoms with Crippen molar-refractivity contribution in [2.75, 3.05) is 31.1 Å². The van der Waals surface area contributed by atoms with E-state index in [1.165, 1.54) is 0 Å². The molecule has 1 saturated heterocycles. The Morgan fingerprint density at radius 3 is 3.08 bits per heavy atom. The first-order valence-electron chi connectivity index (χ1n) is 9.63. The van der Waals surface area contributed by atoms with Gasteiger partial charge in [0.15, 0.2) is 5.13 Å². The van der Waals surface area contributed by atoms with Gasteiger partial charge in [0.1, 0.15) is 5.75 Å². The van der Waals surface area contributed by atoms with Gasteiger partial charge in [-0.2, -0.15) is 0 Å². The summed E-state index contributed by atoms with van der Waals surface area (Å²) < 4.78 is 6.72. The third-order valence-electron chi connectivity index (χ3n) is 4.74. The van der Waals surface area contributed by atoms with Gasteiger partial charge in [0.25, 0.3) is 0 Å². The van der Waals surface area contributed by atoms with Crippen LogP contribution in [0, 0.1) is 11.8 Å². The zero-order valence-corrected chi connectivity index (χ0v) is 16.8. The van der Waals surface area contributed by atoms with Crippen molar-refractivity contribution in [1.82, 2.24) is 10.3 Å². The van der Waals surface area contributed by atoms with E-state index in [0.717, 1.165) is 60.0 Å². The van der Waals surface area contributed by atoms with Crippen molar-refractivity contribution in [2.45, 2.75) is 40.0 Å². The second-order valence-corrected chi connectivity index (χ2v) is 8.33. The van der Waals surface area contributed by atoms with E-state index < -0.39 is 0 Å². The van der Waals surface area contributed by atoms with Crippen molar-refractivity contribution in [3.05, 3.63) is 18.2 Å². The predicted octanol–water partition coefficient (Wildman–Crippen LogP) is 4.07. The normalized spacial score (nSPS) is 17.7.